The van der Waals surface area contributed by atoms with Crippen LogP contribution in [0.25, 0.3) is 0 Å². The van der Waals surface area contributed by atoms with Crippen molar-refractivity contribution >= 4 is 0 Å². The molecule has 0 aromatic carbocycles. The quantitative estimate of drug-likeness (QED) is 0.444. The number of hydrogen-bond donors (Lipinski definition) is 2. The highest BCUT2D eigenvalue weighted by atomic mass is 16.3. The maximum atomic E-state index is 9.39. The van der Waals surface area contributed by atoms with E-state index in [-0.39, 0.29) is 12.7 Å². The average molecular weight is 200 g/mol. The molecule has 0 bridgehead atoms. The van der Waals surface area contributed by atoms with Gasteiger partial charge in [-0.3, -0.25) is 0 Å². The minimum Gasteiger partial charge on any atom is -0.392 e. The minimum atomic E-state index is -0.367. The second-order valence-corrected chi connectivity index (χ2v) is 3.73. The fraction of sp³-hybridized carbons (Fsp3) is 0.833. The van der Waals surface area contributed by atoms with Crippen LogP contribution < -0.4 is 0 Å². The maximum absolute atomic E-state index is 9.39. The van der Waals surface area contributed by atoms with E-state index >= 15 is 0 Å². The Kier molecular flexibility index (Phi) is 10.5. The zero-order valence-electron chi connectivity index (χ0n) is 9.28. The predicted molar refractivity (Wildman–Crippen MR) is 60.2 cm³/mol. The van der Waals surface area contributed by atoms with Crippen LogP contribution in [0.2, 0.25) is 0 Å². The van der Waals surface area contributed by atoms with Crippen LogP contribution in [0.5, 0.6) is 0 Å². The number of rotatable bonds is 9. The van der Waals surface area contributed by atoms with E-state index in [4.69, 9.17) is 5.11 Å². The standard InChI is InChI=1S/C12H24O2/c1-2-3-4-5-6-7-9-12(14)10-8-11-13/h8,10,12-14H,2-7,9,11H2,1H3/b10-8-/t12-/m0/s1. The first kappa shape index (κ1) is 13.7. The molecule has 0 unspecified atom stereocenters. The molecule has 84 valence electrons. The molecule has 0 aromatic rings. The van der Waals surface area contributed by atoms with Crippen molar-refractivity contribution < 1.29 is 10.2 Å². The van der Waals surface area contributed by atoms with E-state index in [1.807, 2.05) is 0 Å². The molecule has 0 rings (SSSR count). The molecule has 0 spiro atoms. The summed E-state index contributed by atoms with van der Waals surface area (Å²) in [6, 6.07) is 0. The van der Waals surface area contributed by atoms with Crippen molar-refractivity contribution in [3.63, 3.8) is 0 Å². The minimum absolute atomic E-state index is 0.0214. The van der Waals surface area contributed by atoms with Crippen molar-refractivity contribution in [3.8, 4) is 0 Å². The summed E-state index contributed by atoms with van der Waals surface area (Å²) in [6.07, 6.45) is 11.2. The molecule has 0 heterocycles. The second-order valence-electron chi connectivity index (χ2n) is 3.73. The van der Waals surface area contributed by atoms with Crippen molar-refractivity contribution in [2.45, 2.75) is 58.0 Å². The number of hydrogen-bond acceptors (Lipinski definition) is 2. The van der Waals surface area contributed by atoms with Gasteiger partial charge in [-0.25, -0.2) is 0 Å². The highest BCUT2D eigenvalue weighted by molar-refractivity contribution is 4.87. The summed E-state index contributed by atoms with van der Waals surface area (Å²) >= 11 is 0. The van der Waals surface area contributed by atoms with Crippen molar-refractivity contribution in [2.24, 2.45) is 0 Å². The van der Waals surface area contributed by atoms with Gasteiger partial charge in [0.25, 0.3) is 0 Å². The molecule has 0 fully saturated rings. The lowest BCUT2D eigenvalue weighted by atomic mass is 10.1. The molecule has 0 aliphatic rings. The van der Waals surface area contributed by atoms with Crippen LogP contribution in [0.3, 0.4) is 0 Å². The largest absolute Gasteiger partial charge is 0.392 e. The Bertz CT molecular complexity index is 132. The van der Waals surface area contributed by atoms with Gasteiger partial charge in [-0.2, -0.15) is 0 Å². The highest BCUT2D eigenvalue weighted by Gasteiger charge is 1.97. The Morgan fingerprint density at radius 1 is 1.07 bits per heavy atom. The Morgan fingerprint density at radius 3 is 2.36 bits per heavy atom. The average Bonchev–Trinajstić information content (AvgIpc) is 2.20. The van der Waals surface area contributed by atoms with E-state index in [2.05, 4.69) is 6.92 Å². The first-order valence-electron chi connectivity index (χ1n) is 5.76. The van der Waals surface area contributed by atoms with Gasteiger partial charge in [0.2, 0.25) is 0 Å². The smallest absolute Gasteiger partial charge is 0.0721 e. The van der Waals surface area contributed by atoms with Gasteiger partial charge in [-0.15, -0.1) is 0 Å². The van der Waals surface area contributed by atoms with Gasteiger partial charge in [-0.1, -0.05) is 57.6 Å². The monoisotopic (exact) mass is 200 g/mol. The topological polar surface area (TPSA) is 40.5 Å². The van der Waals surface area contributed by atoms with Gasteiger partial charge in [-0.05, 0) is 6.42 Å². The zero-order chi connectivity index (χ0) is 10.6. The zero-order valence-corrected chi connectivity index (χ0v) is 9.28. The summed E-state index contributed by atoms with van der Waals surface area (Å²) in [6.45, 7) is 2.23. The Balaban J connectivity index is 3.14. The SMILES string of the molecule is CCCCCCCC[C@H](O)/C=C\CO. The van der Waals surface area contributed by atoms with E-state index in [1.165, 1.54) is 32.1 Å². The van der Waals surface area contributed by atoms with E-state index < -0.39 is 0 Å². The number of aliphatic hydroxyl groups excluding tert-OH is 2. The summed E-state index contributed by atoms with van der Waals surface area (Å²) in [5.74, 6) is 0. The van der Waals surface area contributed by atoms with Gasteiger partial charge in [0, 0.05) is 0 Å². The molecule has 0 amide bonds. The lowest BCUT2D eigenvalue weighted by Crippen LogP contribution is -2.01. The normalized spacial score (nSPS) is 13.6. The number of unbranched alkanes of at least 4 members (excludes halogenated alkanes) is 5. The molecule has 0 radical (unpaired) electrons. The molecule has 1 atom stereocenters. The summed E-state index contributed by atoms with van der Waals surface area (Å²) in [4.78, 5) is 0. The molecule has 2 heteroatoms. The number of aliphatic hydroxyl groups is 2. The van der Waals surface area contributed by atoms with Crippen LogP contribution >= 0.6 is 0 Å². The predicted octanol–water partition coefficient (Wildman–Crippen LogP) is 2.65. The molecule has 0 aliphatic carbocycles. The van der Waals surface area contributed by atoms with Crippen LogP contribution in [0.15, 0.2) is 12.2 Å². The van der Waals surface area contributed by atoms with Crippen molar-refractivity contribution in [3.05, 3.63) is 12.2 Å². The summed E-state index contributed by atoms with van der Waals surface area (Å²) < 4.78 is 0. The molecule has 0 aromatic heterocycles. The van der Waals surface area contributed by atoms with E-state index in [1.54, 1.807) is 12.2 Å². The molecule has 0 aliphatic heterocycles. The second kappa shape index (κ2) is 10.7. The van der Waals surface area contributed by atoms with Crippen molar-refractivity contribution in [1.82, 2.24) is 0 Å². The fourth-order valence-corrected chi connectivity index (χ4v) is 1.45. The van der Waals surface area contributed by atoms with Crippen molar-refractivity contribution in [1.29, 1.82) is 0 Å². The lowest BCUT2D eigenvalue weighted by Gasteiger charge is -2.04. The van der Waals surface area contributed by atoms with Gasteiger partial charge in [0.1, 0.15) is 0 Å². The van der Waals surface area contributed by atoms with Gasteiger partial charge >= 0.3 is 0 Å². The fourth-order valence-electron chi connectivity index (χ4n) is 1.45. The molecule has 0 saturated carbocycles. The maximum Gasteiger partial charge on any atom is 0.0721 e. The first-order chi connectivity index (χ1) is 6.81. The summed E-state index contributed by atoms with van der Waals surface area (Å²) in [5.41, 5.74) is 0. The third kappa shape index (κ3) is 9.75. The molecule has 14 heavy (non-hydrogen) atoms. The molecular weight excluding hydrogens is 176 g/mol. The third-order valence-electron chi connectivity index (χ3n) is 2.32. The van der Waals surface area contributed by atoms with Crippen molar-refractivity contribution in [2.75, 3.05) is 6.61 Å². The Labute approximate surface area is 87.7 Å². The van der Waals surface area contributed by atoms with Crippen LogP contribution in [0, 0.1) is 0 Å². The van der Waals surface area contributed by atoms with Gasteiger partial charge in [0.05, 0.1) is 12.7 Å². The molecule has 2 nitrogen and oxygen atoms in total. The van der Waals surface area contributed by atoms with E-state index in [0.717, 1.165) is 12.8 Å². The molecule has 2 N–H and O–H groups in total. The van der Waals surface area contributed by atoms with E-state index in [0.29, 0.717) is 0 Å². The molecular formula is C12H24O2. The van der Waals surface area contributed by atoms with Gasteiger partial charge in [0.15, 0.2) is 0 Å². The summed E-state index contributed by atoms with van der Waals surface area (Å²) in [7, 11) is 0. The highest BCUT2D eigenvalue weighted by Crippen LogP contribution is 2.08. The van der Waals surface area contributed by atoms with Crippen LogP contribution in [0.4, 0.5) is 0 Å². The Morgan fingerprint density at radius 2 is 1.71 bits per heavy atom. The Hall–Kier alpha value is -0.340. The first-order valence-corrected chi connectivity index (χ1v) is 5.76. The third-order valence-corrected chi connectivity index (χ3v) is 2.32. The lowest BCUT2D eigenvalue weighted by molar-refractivity contribution is 0.206. The van der Waals surface area contributed by atoms with Gasteiger partial charge < -0.3 is 10.2 Å². The van der Waals surface area contributed by atoms with Crippen LogP contribution in [-0.4, -0.2) is 22.9 Å². The van der Waals surface area contributed by atoms with Crippen LogP contribution in [-0.2, 0) is 0 Å². The summed E-state index contributed by atoms with van der Waals surface area (Å²) in [5, 5.41) is 17.9. The van der Waals surface area contributed by atoms with E-state index in [9.17, 15) is 5.11 Å². The molecule has 0 saturated heterocycles. The van der Waals surface area contributed by atoms with Crippen LogP contribution in [0.1, 0.15) is 51.9 Å².